The molecule has 0 bridgehead atoms. The first-order chi connectivity index (χ1) is 23.5. The van der Waals surface area contributed by atoms with Crippen LogP contribution >= 0.6 is 0 Å². The van der Waals surface area contributed by atoms with Gasteiger partial charge in [-0.2, -0.15) is 4.98 Å². The van der Waals surface area contributed by atoms with Gasteiger partial charge < -0.3 is 29.9 Å². The molecule has 2 N–H and O–H groups in total. The molecule has 0 saturated carbocycles. The highest BCUT2D eigenvalue weighted by Gasteiger charge is 2.47. The summed E-state index contributed by atoms with van der Waals surface area (Å²) in [6, 6.07) is 7.68. The van der Waals surface area contributed by atoms with Crippen LogP contribution in [0.1, 0.15) is 50.6 Å². The summed E-state index contributed by atoms with van der Waals surface area (Å²) in [5.41, 5.74) is 0.964. The maximum atomic E-state index is 14.6. The molecule has 0 unspecified atom stereocenters. The molecule has 5 atom stereocenters. The third kappa shape index (κ3) is 6.57. The van der Waals surface area contributed by atoms with E-state index in [-0.39, 0.29) is 43.0 Å². The monoisotopic (exact) mass is 693 g/mol. The average Bonchev–Trinajstić information content (AvgIpc) is 3.55. The number of sulfone groups is 1. The van der Waals surface area contributed by atoms with E-state index in [9.17, 15) is 22.7 Å². The number of methoxy groups -OCH3 is 1. The van der Waals surface area contributed by atoms with Crippen LogP contribution in [0.2, 0.25) is 0 Å². The Kier molecular flexibility index (Phi) is 8.99. The molecular weight excluding hydrogens is 649 g/mol. The molecule has 0 spiro atoms. The van der Waals surface area contributed by atoms with Gasteiger partial charge in [0.05, 0.1) is 35.3 Å². The van der Waals surface area contributed by atoms with Crippen molar-refractivity contribution in [3.05, 3.63) is 54.9 Å². The van der Waals surface area contributed by atoms with Crippen LogP contribution in [-0.4, -0.2) is 108 Å². The predicted octanol–water partition coefficient (Wildman–Crippen LogP) is 3.95. The van der Waals surface area contributed by atoms with Crippen LogP contribution in [-0.2, 0) is 19.4 Å². The van der Waals surface area contributed by atoms with E-state index in [4.69, 9.17) is 9.72 Å². The maximum Gasteiger partial charge on any atom is 0.246 e. The Morgan fingerprint density at radius 3 is 2.69 bits per heavy atom. The van der Waals surface area contributed by atoms with Crippen molar-refractivity contribution < 1.29 is 27.4 Å². The number of benzene rings is 1. The topological polar surface area (TPSA) is 141 Å². The second-order valence-electron chi connectivity index (χ2n) is 14.1. The quantitative estimate of drug-likeness (QED) is 0.332. The summed E-state index contributed by atoms with van der Waals surface area (Å²) in [5, 5.41) is 15.2. The van der Waals surface area contributed by atoms with Gasteiger partial charge in [-0.25, -0.2) is 22.8 Å². The van der Waals surface area contributed by atoms with Crippen LogP contribution in [0.15, 0.2) is 49.3 Å². The van der Waals surface area contributed by atoms with Gasteiger partial charge in [0.1, 0.15) is 17.8 Å². The van der Waals surface area contributed by atoms with Crippen LogP contribution in [0.3, 0.4) is 0 Å². The maximum absolute atomic E-state index is 14.6. The lowest BCUT2D eigenvalue weighted by molar-refractivity contribution is -0.126. The summed E-state index contributed by atoms with van der Waals surface area (Å²) in [6.45, 7) is 7.93. The Hall–Kier alpha value is -3.88. The highest BCUT2D eigenvalue weighted by atomic mass is 32.2. The molecule has 262 valence electrons. The lowest BCUT2D eigenvalue weighted by Crippen LogP contribution is -2.57. The molecule has 1 aromatic carbocycles. The molecule has 6 heterocycles. The van der Waals surface area contributed by atoms with Gasteiger partial charge in [0.2, 0.25) is 11.9 Å². The largest absolute Gasteiger partial charge is 0.390 e. The summed E-state index contributed by atoms with van der Waals surface area (Å²) >= 11 is 0. The predicted molar refractivity (Wildman–Crippen MR) is 187 cm³/mol. The third-order valence-corrected chi connectivity index (χ3v) is 13.0. The van der Waals surface area contributed by atoms with Crippen molar-refractivity contribution in [2.75, 3.05) is 60.7 Å². The van der Waals surface area contributed by atoms with Crippen LogP contribution < -0.4 is 15.1 Å². The number of rotatable bonds is 8. The van der Waals surface area contributed by atoms with E-state index in [2.05, 4.69) is 32.8 Å². The number of piperidine rings is 1. The number of pyridine rings is 1. The van der Waals surface area contributed by atoms with Gasteiger partial charge in [0, 0.05) is 62.7 Å². The van der Waals surface area contributed by atoms with Crippen LogP contribution in [0, 0.1) is 5.92 Å². The smallest absolute Gasteiger partial charge is 0.246 e. The Labute approximate surface area is 286 Å². The molecule has 4 saturated heterocycles. The number of likely N-dealkylation sites (tertiary alicyclic amines) is 1. The molecule has 14 heteroatoms. The lowest BCUT2D eigenvalue weighted by Gasteiger charge is -2.47. The van der Waals surface area contributed by atoms with E-state index in [1.807, 2.05) is 28.1 Å². The highest BCUT2D eigenvalue weighted by Crippen LogP contribution is 2.43. The van der Waals surface area contributed by atoms with Crippen molar-refractivity contribution in [2.24, 2.45) is 5.92 Å². The Bertz CT molecular complexity index is 1850. The van der Waals surface area contributed by atoms with Gasteiger partial charge in [-0.15, -0.1) is 0 Å². The first-order valence-electron chi connectivity index (χ1n) is 17.0. The van der Waals surface area contributed by atoms with E-state index in [1.165, 1.54) is 13.2 Å². The number of nitrogens with one attached hydrogen (secondary N) is 1. The molecule has 3 aromatic rings. The number of amides is 1. The van der Waals surface area contributed by atoms with Crippen LogP contribution in [0.4, 0.5) is 27.7 Å². The van der Waals surface area contributed by atoms with Crippen molar-refractivity contribution in [1.29, 1.82) is 0 Å². The number of aliphatic hydroxyl groups is 1. The number of ether oxygens (including phenoxy) is 1. The van der Waals surface area contributed by atoms with E-state index < -0.39 is 33.0 Å². The number of hydrogen-bond acceptors (Lipinski definition) is 11. The fourth-order valence-electron chi connectivity index (χ4n) is 7.96. The number of fused-ring (bicyclic) bond motifs is 1. The van der Waals surface area contributed by atoms with E-state index in [0.717, 1.165) is 34.9 Å². The molecule has 0 aliphatic carbocycles. The number of aromatic nitrogens is 3. The summed E-state index contributed by atoms with van der Waals surface area (Å²) < 4.78 is 45.8. The van der Waals surface area contributed by atoms with Crippen molar-refractivity contribution >= 4 is 49.8 Å². The first-order valence-corrected chi connectivity index (χ1v) is 18.7. The second kappa shape index (κ2) is 13.1. The van der Waals surface area contributed by atoms with Gasteiger partial charge in [0.25, 0.3) is 0 Å². The standard InChI is InChI=1S/C35H44FN7O5S/c1-4-33(44)43-13-5-6-28(43)23-7-8-27(42-19-22(20-42)30-17-35(2,45)11-15-49(30,46)47)25-18-38-32(16-24(23)25)39-31-9-12-37-34(40-31)41-14-10-29(48-3)26(36)21-41/h4,7-9,12,16,18,22,26,28-30,45H,1,5-6,10-11,13-15,17,19-21H2,2-3H3,(H,37,38,39,40)/t26-,28-,29+,30-,35-/m0/s1. The fourth-order valence-corrected chi connectivity index (χ4v) is 10.4. The zero-order chi connectivity index (χ0) is 34.5. The lowest BCUT2D eigenvalue weighted by atomic mass is 9.86. The molecule has 49 heavy (non-hydrogen) atoms. The number of carbonyl (C=O) groups excluding carboxylic acids is 1. The average molecular weight is 694 g/mol. The number of carbonyl (C=O) groups is 1. The SMILES string of the molecule is C=CC(=O)N1CCC[C@H]1c1ccc(N2CC([C@@H]3C[C@@](C)(O)CCS3(=O)=O)C2)c2cnc(Nc3ccnc(N4CC[C@@H](OC)[C@@H](F)C4)n3)cc12. The minimum absolute atomic E-state index is 0.0102. The van der Waals surface area contributed by atoms with Crippen LogP contribution in [0.5, 0.6) is 0 Å². The number of anilines is 4. The molecule has 4 aliphatic heterocycles. The summed E-state index contributed by atoms with van der Waals surface area (Å²) in [5.74, 6) is 1.31. The van der Waals surface area contributed by atoms with Crippen LogP contribution in [0.25, 0.3) is 10.8 Å². The molecule has 1 amide bonds. The highest BCUT2D eigenvalue weighted by molar-refractivity contribution is 7.92. The minimum atomic E-state index is -3.28. The van der Waals surface area contributed by atoms with Crippen molar-refractivity contribution in [1.82, 2.24) is 19.9 Å². The molecule has 12 nitrogen and oxygen atoms in total. The molecule has 2 aromatic heterocycles. The van der Waals surface area contributed by atoms with E-state index in [0.29, 0.717) is 50.2 Å². The fraction of sp³-hybridized carbons (Fsp3) is 0.543. The first kappa shape index (κ1) is 33.6. The molecule has 4 fully saturated rings. The van der Waals surface area contributed by atoms with E-state index in [1.54, 1.807) is 19.2 Å². The van der Waals surface area contributed by atoms with Gasteiger partial charge in [-0.1, -0.05) is 12.6 Å². The second-order valence-corrected chi connectivity index (χ2v) is 16.4. The summed E-state index contributed by atoms with van der Waals surface area (Å²) in [7, 11) is -1.76. The molecule has 4 aliphatic rings. The minimum Gasteiger partial charge on any atom is -0.390 e. The van der Waals surface area contributed by atoms with E-state index >= 15 is 0 Å². The molecule has 0 radical (unpaired) electrons. The zero-order valence-corrected chi connectivity index (χ0v) is 28.8. The number of halogens is 1. The number of alkyl halides is 1. The third-order valence-electron chi connectivity index (χ3n) is 10.8. The Morgan fingerprint density at radius 2 is 1.94 bits per heavy atom. The molecule has 7 rings (SSSR count). The van der Waals surface area contributed by atoms with Gasteiger partial charge >= 0.3 is 0 Å². The zero-order valence-electron chi connectivity index (χ0n) is 28.0. The summed E-state index contributed by atoms with van der Waals surface area (Å²) in [4.78, 5) is 32.5. The normalized spacial score (nSPS) is 28.8. The number of hydrogen-bond donors (Lipinski definition) is 2. The van der Waals surface area contributed by atoms with Crippen molar-refractivity contribution in [3.8, 4) is 0 Å². The van der Waals surface area contributed by atoms with Gasteiger partial charge in [-0.3, -0.25) is 4.79 Å². The summed E-state index contributed by atoms with van der Waals surface area (Å²) in [6.07, 6.45) is 5.98. The van der Waals surface area contributed by atoms with Crippen molar-refractivity contribution in [2.45, 2.75) is 68.2 Å². The van der Waals surface area contributed by atoms with Gasteiger partial charge in [-0.05, 0) is 74.3 Å². The van der Waals surface area contributed by atoms with Crippen molar-refractivity contribution in [3.63, 3.8) is 0 Å². The molecular formula is C35H44FN7O5S. The Balaban J connectivity index is 1.18. The number of nitrogens with zero attached hydrogens (tertiary/aromatic N) is 6. The Morgan fingerprint density at radius 1 is 1.12 bits per heavy atom. The van der Waals surface area contributed by atoms with Gasteiger partial charge in [0.15, 0.2) is 9.84 Å².